The van der Waals surface area contributed by atoms with Crippen LogP contribution in [0.15, 0.2) is 0 Å². The van der Waals surface area contributed by atoms with Gasteiger partial charge in [-0.1, -0.05) is 26.2 Å². The smallest absolute Gasteiger partial charge is 0.294 e. The van der Waals surface area contributed by atoms with E-state index in [0.717, 1.165) is 6.42 Å². The van der Waals surface area contributed by atoms with Crippen LogP contribution in [-0.2, 0) is 9.09 Å². The van der Waals surface area contributed by atoms with E-state index in [4.69, 9.17) is 0 Å². The number of rotatable bonds is 6. The van der Waals surface area contributed by atoms with Crippen LogP contribution in [0.5, 0.6) is 0 Å². The van der Waals surface area contributed by atoms with E-state index in [1.807, 2.05) is 0 Å². The molecule has 0 saturated carbocycles. The normalized spacial score (nSPS) is 9.30. The molecule has 0 amide bonds. The molecular formula is C6H13NdO2P. The summed E-state index contributed by atoms with van der Waals surface area (Å²) in [5.74, 6) is 0. The molecule has 0 heterocycles. The summed E-state index contributed by atoms with van der Waals surface area (Å²) in [4.78, 5) is 0. The Hall–Kier alpha value is 1.41. The van der Waals surface area contributed by atoms with E-state index in [1.54, 1.807) is 0 Å². The molecule has 0 aliphatic heterocycles. The Morgan fingerprint density at radius 2 is 2.00 bits per heavy atom. The predicted octanol–water partition coefficient (Wildman–Crippen LogP) is 2.79. The Morgan fingerprint density at radius 1 is 1.30 bits per heavy atom. The third-order valence-electron chi connectivity index (χ3n) is 1.14. The molecule has 0 rings (SSSR count). The van der Waals surface area contributed by atoms with Crippen molar-refractivity contribution >= 4 is 8.69 Å². The van der Waals surface area contributed by atoms with Crippen LogP contribution in [-0.4, -0.2) is 6.61 Å². The molecule has 10 heavy (non-hydrogen) atoms. The molecule has 0 aromatic carbocycles. The SMILES string of the molecule is CCCCCCOP=O.[Nd]. The minimum atomic E-state index is -0.185. The zero-order chi connectivity index (χ0) is 6.95. The minimum Gasteiger partial charge on any atom is -0.294 e. The van der Waals surface area contributed by atoms with Crippen LogP contribution in [0.2, 0.25) is 0 Å². The first-order chi connectivity index (χ1) is 4.41. The van der Waals surface area contributed by atoms with Gasteiger partial charge in [-0.05, 0) is 6.42 Å². The van der Waals surface area contributed by atoms with Crippen molar-refractivity contribution in [3.63, 3.8) is 0 Å². The van der Waals surface area contributed by atoms with Crippen LogP contribution in [0, 0.1) is 40.8 Å². The van der Waals surface area contributed by atoms with Gasteiger partial charge in [-0.15, -0.1) is 0 Å². The molecule has 0 aliphatic carbocycles. The van der Waals surface area contributed by atoms with Gasteiger partial charge in [0, 0.05) is 40.8 Å². The Bertz CT molecular complexity index is 70.8. The van der Waals surface area contributed by atoms with Gasteiger partial charge in [0.05, 0.1) is 6.61 Å². The quantitative estimate of drug-likeness (QED) is 0.556. The second-order valence-electron chi connectivity index (χ2n) is 1.97. The van der Waals surface area contributed by atoms with Gasteiger partial charge in [0.15, 0.2) is 0 Å². The molecule has 0 unspecified atom stereocenters. The maximum absolute atomic E-state index is 9.71. The number of hydrogen-bond acceptors (Lipinski definition) is 2. The summed E-state index contributed by atoms with van der Waals surface area (Å²) in [7, 11) is -0.185. The third-order valence-corrected chi connectivity index (χ3v) is 1.43. The van der Waals surface area contributed by atoms with Gasteiger partial charge in [0.1, 0.15) is 0 Å². The van der Waals surface area contributed by atoms with Crippen molar-refractivity contribution in [2.24, 2.45) is 0 Å². The van der Waals surface area contributed by atoms with Crippen molar-refractivity contribution in [2.75, 3.05) is 6.61 Å². The average molecular weight is 292 g/mol. The van der Waals surface area contributed by atoms with Crippen LogP contribution < -0.4 is 0 Å². The van der Waals surface area contributed by atoms with Crippen molar-refractivity contribution in [1.82, 2.24) is 0 Å². The molecule has 0 fully saturated rings. The van der Waals surface area contributed by atoms with Crippen LogP contribution in [0.1, 0.15) is 32.6 Å². The van der Waals surface area contributed by atoms with Crippen molar-refractivity contribution in [3.8, 4) is 0 Å². The van der Waals surface area contributed by atoms with Gasteiger partial charge >= 0.3 is 8.69 Å². The fourth-order valence-electron chi connectivity index (χ4n) is 0.631. The molecule has 4 heteroatoms. The fourth-order valence-corrected chi connectivity index (χ4v) is 0.834. The molecular weight excluding hydrogens is 279 g/mol. The molecule has 0 atom stereocenters. The van der Waals surface area contributed by atoms with Crippen molar-refractivity contribution in [3.05, 3.63) is 0 Å². The second-order valence-corrected chi connectivity index (χ2v) is 2.38. The van der Waals surface area contributed by atoms with Crippen LogP contribution >= 0.6 is 8.69 Å². The molecule has 0 saturated heterocycles. The standard InChI is InChI=1S/C6H13O2P.Nd/c1-2-3-4-5-6-8-9-7;/h2-6H2,1H3;. The van der Waals surface area contributed by atoms with E-state index < -0.39 is 0 Å². The maximum Gasteiger partial charge on any atom is 0.327 e. The molecule has 0 bridgehead atoms. The largest absolute Gasteiger partial charge is 0.327 e. The Morgan fingerprint density at radius 3 is 2.50 bits per heavy atom. The fraction of sp³-hybridized carbons (Fsp3) is 1.00. The van der Waals surface area contributed by atoms with Gasteiger partial charge in [0.25, 0.3) is 0 Å². The molecule has 0 aromatic rings. The molecule has 0 N–H and O–H groups in total. The molecule has 2 nitrogen and oxygen atoms in total. The summed E-state index contributed by atoms with van der Waals surface area (Å²) < 4.78 is 14.3. The summed E-state index contributed by atoms with van der Waals surface area (Å²) >= 11 is 0. The Balaban J connectivity index is 0. The topological polar surface area (TPSA) is 26.3 Å². The van der Waals surface area contributed by atoms with Crippen molar-refractivity contribution in [1.29, 1.82) is 0 Å². The van der Waals surface area contributed by atoms with Gasteiger partial charge in [-0.3, -0.25) is 4.52 Å². The van der Waals surface area contributed by atoms with Crippen LogP contribution in [0.4, 0.5) is 0 Å². The van der Waals surface area contributed by atoms with E-state index in [0.29, 0.717) is 6.61 Å². The maximum atomic E-state index is 9.71. The number of hydrogen-bond donors (Lipinski definition) is 0. The monoisotopic (exact) mass is 290 g/mol. The average Bonchev–Trinajstić information content (AvgIpc) is 1.89. The summed E-state index contributed by atoms with van der Waals surface area (Å²) in [6.07, 6.45) is 4.70. The molecule has 0 spiro atoms. The summed E-state index contributed by atoms with van der Waals surface area (Å²) in [6.45, 7) is 2.79. The first-order valence-corrected chi connectivity index (χ1v) is 4.09. The van der Waals surface area contributed by atoms with Gasteiger partial charge < -0.3 is 0 Å². The van der Waals surface area contributed by atoms with E-state index in [9.17, 15) is 4.57 Å². The Labute approximate surface area is 96.9 Å². The number of unbranched alkanes of at least 4 members (excludes halogenated alkanes) is 3. The van der Waals surface area contributed by atoms with Crippen LogP contribution in [0.25, 0.3) is 0 Å². The predicted molar refractivity (Wildman–Crippen MR) is 37.7 cm³/mol. The van der Waals surface area contributed by atoms with Crippen molar-refractivity contribution in [2.45, 2.75) is 32.6 Å². The van der Waals surface area contributed by atoms with E-state index in [-0.39, 0.29) is 49.5 Å². The second kappa shape index (κ2) is 13.0. The molecule has 0 aliphatic rings. The first kappa shape index (κ1) is 14.0. The molecule has 0 aromatic heterocycles. The summed E-state index contributed by atoms with van der Waals surface area (Å²) in [5.41, 5.74) is 0. The minimum absolute atomic E-state index is 0. The van der Waals surface area contributed by atoms with E-state index in [1.165, 1.54) is 19.3 Å². The summed E-state index contributed by atoms with van der Waals surface area (Å²) in [5, 5.41) is 0. The molecule has 58 valence electrons. The molecule has 0 radical (unpaired) electrons. The Kier molecular flexibility index (Phi) is 18.2. The van der Waals surface area contributed by atoms with Gasteiger partial charge in [0.2, 0.25) is 0 Å². The van der Waals surface area contributed by atoms with E-state index in [2.05, 4.69) is 11.4 Å². The van der Waals surface area contributed by atoms with Crippen LogP contribution in [0.3, 0.4) is 0 Å². The van der Waals surface area contributed by atoms with Gasteiger partial charge in [-0.25, -0.2) is 4.57 Å². The first-order valence-electron chi connectivity index (χ1n) is 3.36. The van der Waals surface area contributed by atoms with Crippen molar-refractivity contribution < 1.29 is 49.9 Å². The zero-order valence-electron chi connectivity index (χ0n) is 6.30. The third kappa shape index (κ3) is 12.1. The zero-order valence-corrected chi connectivity index (χ0v) is 10.4. The summed E-state index contributed by atoms with van der Waals surface area (Å²) in [6, 6.07) is 0. The van der Waals surface area contributed by atoms with Gasteiger partial charge in [-0.2, -0.15) is 0 Å². The van der Waals surface area contributed by atoms with E-state index >= 15 is 0 Å².